The zero-order valence-corrected chi connectivity index (χ0v) is 19.5. The minimum Gasteiger partial charge on any atom is -0.479 e. The summed E-state index contributed by atoms with van der Waals surface area (Å²) < 4.78 is 33.9. The fraction of sp³-hybridized carbons (Fsp3) is 0.364. The van der Waals surface area contributed by atoms with Gasteiger partial charge in [0.25, 0.3) is 5.91 Å². The lowest BCUT2D eigenvalue weighted by Crippen LogP contribution is -2.43. The van der Waals surface area contributed by atoms with E-state index >= 15 is 0 Å². The van der Waals surface area contributed by atoms with Gasteiger partial charge in [-0.25, -0.2) is 8.42 Å². The molecule has 10 heteroatoms. The Kier molecular flexibility index (Phi) is 5.91. The highest BCUT2D eigenvalue weighted by atomic mass is 35.5. The Balaban J connectivity index is 1.63. The fourth-order valence-corrected chi connectivity index (χ4v) is 6.05. The van der Waals surface area contributed by atoms with Crippen LogP contribution in [-0.4, -0.2) is 43.2 Å². The van der Waals surface area contributed by atoms with Crippen LogP contribution in [0.2, 0.25) is 5.02 Å². The first kappa shape index (κ1) is 22.6. The summed E-state index contributed by atoms with van der Waals surface area (Å²) in [5.74, 6) is -0.402. The molecule has 2 heterocycles. The number of fused-ring (bicyclic) bond motifs is 1. The first-order chi connectivity index (χ1) is 15.1. The van der Waals surface area contributed by atoms with Crippen LogP contribution in [0.15, 0.2) is 35.2 Å². The van der Waals surface area contributed by atoms with E-state index in [0.29, 0.717) is 40.4 Å². The molecule has 4 rings (SSSR count). The maximum Gasteiger partial charge on any atom is 0.265 e. The number of halogens is 1. The second-order valence-electron chi connectivity index (χ2n) is 8.04. The van der Waals surface area contributed by atoms with Gasteiger partial charge in [0, 0.05) is 23.3 Å². The lowest BCUT2D eigenvalue weighted by atomic mass is 10.1. The molecule has 1 fully saturated rings. The lowest BCUT2D eigenvalue weighted by molar-refractivity contribution is -0.122. The van der Waals surface area contributed by atoms with Gasteiger partial charge in [0.2, 0.25) is 15.9 Å². The van der Waals surface area contributed by atoms with Crippen LogP contribution in [0.5, 0.6) is 5.75 Å². The van der Waals surface area contributed by atoms with Crippen LogP contribution in [0.1, 0.15) is 30.9 Å². The van der Waals surface area contributed by atoms with E-state index < -0.39 is 28.1 Å². The van der Waals surface area contributed by atoms with Crippen molar-refractivity contribution in [2.45, 2.75) is 50.7 Å². The van der Waals surface area contributed by atoms with E-state index in [0.717, 1.165) is 0 Å². The quantitative estimate of drug-likeness (QED) is 0.701. The summed E-state index contributed by atoms with van der Waals surface area (Å²) in [5.41, 5.74) is 2.15. The number of carbonyl (C=O) groups excluding carboxylic acids is 2. The molecule has 170 valence electrons. The average molecular weight is 478 g/mol. The Hall–Kier alpha value is -2.62. The van der Waals surface area contributed by atoms with E-state index in [9.17, 15) is 18.0 Å². The highest BCUT2D eigenvalue weighted by Crippen LogP contribution is 2.37. The zero-order valence-electron chi connectivity index (χ0n) is 17.9. The molecule has 0 aromatic heterocycles. The van der Waals surface area contributed by atoms with E-state index in [2.05, 4.69) is 10.6 Å². The molecule has 0 bridgehead atoms. The molecule has 32 heavy (non-hydrogen) atoms. The molecule has 2 N–H and O–H groups in total. The Morgan fingerprint density at radius 3 is 2.78 bits per heavy atom. The highest BCUT2D eigenvalue weighted by molar-refractivity contribution is 7.89. The van der Waals surface area contributed by atoms with Gasteiger partial charge in [-0.1, -0.05) is 17.7 Å². The number of carbonyl (C=O) groups is 2. The first-order valence-corrected chi connectivity index (χ1v) is 12.1. The standard InChI is InChI=1S/C22H24ClN3O5S/c1-12-10-17-19(31-14(3)21(27)25-17)11-20(12)32(29,30)26-9-5-8-18(26)22(28)24-16-7-4-6-15(23)13(16)2/h4,6-7,10-11,14,18H,5,8-9H2,1-3H3,(H,24,28)(H,25,27)/t14-,18+/m0/s1. The Morgan fingerprint density at radius 2 is 2.03 bits per heavy atom. The molecule has 2 aliphatic rings. The number of anilines is 2. The van der Waals surface area contributed by atoms with Crippen molar-refractivity contribution in [3.63, 3.8) is 0 Å². The first-order valence-electron chi connectivity index (χ1n) is 10.3. The molecular formula is C22H24ClN3O5S. The predicted molar refractivity (Wildman–Crippen MR) is 122 cm³/mol. The van der Waals surface area contributed by atoms with Gasteiger partial charge in [0.05, 0.1) is 10.6 Å². The fourth-order valence-electron chi connectivity index (χ4n) is 4.00. The summed E-state index contributed by atoms with van der Waals surface area (Å²) in [6.45, 7) is 5.26. The smallest absolute Gasteiger partial charge is 0.265 e. The van der Waals surface area contributed by atoms with Crippen molar-refractivity contribution in [1.82, 2.24) is 4.31 Å². The van der Waals surface area contributed by atoms with Gasteiger partial charge < -0.3 is 15.4 Å². The van der Waals surface area contributed by atoms with Crippen molar-refractivity contribution in [3.8, 4) is 5.75 Å². The predicted octanol–water partition coefficient (Wildman–Crippen LogP) is 3.47. The van der Waals surface area contributed by atoms with Crippen LogP contribution < -0.4 is 15.4 Å². The second kappa shape index (κ2) is 8.38. The van der Waals surface area contributed by atoms with Crippen molar-refractivity contribution in [3.05, 3.63) is 46.5 Å². The van der Waals surface area contributed by atoms with Crippen molar-refractivity contribution in [1.29, 1.82) is 0 Å². The van der Waals surface area contributed by atoms with E-state index in [1.54, 1.807) is 45.0 Å². The molecule has 0 spiro atoms. The summed E-state index contributed by atoms with van der Waals surface area (Å²) in [4.78, 5) is 24.9. The molecule has 0 saturated carbocycles. The average Bonchev–Trinajstić information content (AvgIpc) is 3.23. The summed E-state index contributed by atoms with van der Waals surface area (Å²) in [5, 5.41) is 6.05. The van der Waals surface area contributed by atoms with E-state index in [1.807, 2.05) is 0 Å². The van der Waals surface area contributed by atoms with Gasteiger partial charge in [-0.15, -0.1) is 0 Å². The normalized spacial score (nSPS) is 20.9. The molecule has 2 aromatic carbocycles. The molecule has 0 aliphatic carbocycles. The van der Waals surface area contributed by atoms with E-state index in [4.69, 9.17) is 16.3 Å². The summed E-state index contributed by atoms with van der Waals surface area (Å²) in [6, 6.07) is 7.34. The van der Waals surface area contributed by atoms with Gasteiger partial charge >= 0.3 is 0 Å². The van der Waals surface area contributed by atoms with E-state index in [1.165, 1.54) is 10.4 Å². The number of hydrogen-bond acceptors (Lipinski definition) is 5. The number of nitrogens with zero attached hydrogens (tertiary/aromatic N) is 1. The number of benzene rings is 2. The van der Waals surface area contributed by atoms with Gasteiger partial charge in [-0.05, 0) is 62.9 Å². The number of rotatable bonds is 4. The van der Waals surface area contributed by atoms with Gasteiger partial charge in [-0.2, -0.15) is 4.31 Å². The molecule has 0 unspecified atom stereocenters. The third-order valence-electron chi connectivity index (χ3n) is 5.83. The monoisotopic (exact) mass is 477 g/mol. The maximum atomic E-state index is 13.6. The number of sulfonamides is 1. The van der Waals surface area contributed by atoms with Crippen molar-refractivity contribution >= 4 is 44.8 Å². The third-order valence-corrected chi connectivity index (χ3v) is 8.29. The summed E-state index contributed by atoms with van der Waals surface area (Å²) in [7, 11) is -3.98. The number of nitrogens with one attached hydrogen (secondary N) is 2. The molecule has 1 saturated heterocycles. The Bertz CT molecular complexity index is 1210. The van der Waals surface area contributed by atoms with Crippen molar-refractivity contribution in [2.24, 2.45) is 0 Å². The number of amides is 2. The van der Waals surface area contributed by atoms with Crippen LogP contribution in [0, 0.1) is 13.8 Å². The summed E-state index contributed by atoms with van der Waals surface area (Å²) >= 11 is 6.14. The number of aryl methyl sites for hydroxylation is 1. The molecule has 2 atom stereocenters. The summed E-state index contributed by atoms with van der Waals surface area (Å²) in [6.07, 6.45) is 0.254. The maximum absolute atomic E-state index is 13.6. The number of hydrogen-bond donors (Lipinski definition) is 2. The van der Waals surface area contributed by atoms with Crippen LogP contribution in [-0.2, 0) is 19.6 Å². The molecule has 2 aromatic rings. The van der Waals surface area contributed by atoms with Crippen LogP contribution >= 0.6 is 11.6 Å². The van der Waals surface area contributed by atoms with Gasteiger partial charge in [0.1, 0.15) is 11.8 Å². The molecule has 2 aliphatic heterocycles. The van der Waals surface area contributed by atoms with Gasteiger partial charge in [0.15, 0.2) is 6.10 Å². The lowest BCUT2D eigenvalue weighted by Gasteiger charge is -2.27. The van der Waals surface area contributed by atoms with Crippen LogP contribution in [0.25, 0.3) is 0 Å². The van der Waals surface area contributed by atoms with Crippen LogP contribution in [0.4, 0.5) is 11.4 Å². The van der Waals surface area contributed by atoms with Crippen LogP contribution in [0.3, 0.4) is 0 Å². The molecule has 8 nitrogen and oxygen atoms in total. The highest BCUT2D eigenvalue weighted by Gasteiger charge is 2.41. The zero-order chi connectivity index (χ0) is 23.2. The molecular weight excluding hydrogens is 454 g/mol. The number of ether oxygens (including phenoxy) is 1. The second-order valence-corrected chi connectivity index (χ2v) is 10.3. The Morgan fingerprint density at radius 1 is 1.28 bits per heavy atom. The Labute approximate surface area is 191 Å². The van der Waals surface area contributed by atoms with Crippen molar-refractivity contribution in [2.75, 3.05) is 17.2 Å². The topological polar surface area (TPSA) is 105 Å². The minimum absolute atomic E-state index is 0.0539. The third kappa shape index (κ3) is 3.96. The van der Waals surface area contributed by atoms with Crippen molar-refractivity contribution < 1.29 is 22.7 Å². The van der Waals surface area contributed by atoms with Gasteiger partial charge in [-0.3, -0.25) is 9.59 Å². The van der Waals surface area contributed by atoms with E-state index in [-0.39, 0.29) is 23.1 Å². The largest absolute Gasteiger partial charge is 0.479 e. The molecule has 2 amide bonds. The SMILES string of the molecule is Cc1cc2c(cc1S(=O)(=O)N1CCC[C@@H]1C(=O)Nc1cccc(Cl)c1C)O[C@@H](C)C(=O)N2. The molecule has 0 radical (unpaired) electrons. The minimum atomic E-state index is -3.98.